The fourth-order valence-electron chi connectivity index (χ4n) is 1.58. The normalized spacial score (nSPS) is 11.5. The highest BCUT2D eigenvalue weighted by molar-refractivity contribution is 5.87. The average molecular weight is 295 g/mol. The lowest BCUT2D eigenvalue weighted by molar-refractivity contribution is -0.147. The van der Waals surface area contributed by atoms with E-state index < -0.39 is 30.3 Å². The molecule has 0 fully saturated rings. The molecule has 7 heteroatoms. The number of carbonyl (C=O) groups excluding carboxylic acids is 1. The maximum absolute atomic E-state index is 11.5. The van der Waals surface area contributed by atoms with E-state index in [-0.39, 0.29) is 6.61 Å². The van der Waals surface area contributed by atoms with Gasteiger partial charge in [-0.05, 0) is 24.1 Å². The smallest absolute Gasteiger partial charge is 0.326 e. The first-order valence-electron chi connectivity index (χ1n) is 6.38. The number of ether oxygens (including phenoxy) is 1. The van der Waals surface area contributed by atoms with Crippen LogP contribution in [0.25, 0.3) is 0 Å². The summed E-state index contributed by atoms with van der Waals surface area (Å²) in [5, 5.41) is 19.4. The molecule has 21 heavy (non-hydrogen) atoms. The van der Waals surface area contributed by atoms with Crippen molar-refractivity contribution in [2.24, 2.45) is 0 Å². The highest BCUT2D eigenvalue weighted by Crippen LogP contribution is 2.12. The summed E-state index contributed by atoms with van der Waals surface area (Å²) in [6.45, 7) is 1.63. The lowest BCUT2D eigenvalue weighted by Gasteiger charge is -2.13. The first-order valence-corrected chi connectivity index (χ1v) is 6.38. The fraction of sp³-hybridized carbons (Fsp3) is 0.357. The largest absolute Gasteiger partial charge is 0.484 e. The van der Waals surface area contributed by atoms with Gasteiger partial charge in [0.25, 0.3) is 5.91 Å². The fourth-order valence-corrected chi connectivity index (χ4v) is 1.58. The van der Waals surface area contributed by atoms with Crippen molar-refractivity contribution in [2.75, 3.05) is 6.61 Å². The van der Waals surface area contributed by atoms with Gasteiger partial charge >= 0.3 is 11.9 Å². The molecule has 0 aliphatic rings. The Labute approximate surface area is 121 Å². The van der Waals surface area contributed by atoms with Crippen molar-refractivity contribution in [3.8, 4) is 5.75 Å². The summed E-state index contributed by atoms with van der Waals surface area (Å²) in [7, 11) is 0. The van der Waals surface area contributed by atoms with E-state index >= 15 is 0 Å². The second-order valence-electron chi connectivity index (χ2n) is 4.34. The number of aliphatic carboxylic acids is 2. The molecule has 0 saturated carbocycles. The van der Waals surface area contributed by atoms with Crippen LogP contribution in [-0.4, -0.2) is 40.7 Å². The molecule has 0 aliphatic carbocycles. The summed E-state index contributed by atoms with van der Waals surface area (Å²) in [6.07, 6.45) is 0.197. The highest BCUT2D eigenvalue weighted by Gasteiger charge is 2.23. The molecule has 0 saturated heterocycles. The second kappa shape index (κ2) is 7.88. The predicted molar refractivity (Wildman–Crippen MR) is 73.1 cm³/mol. The number of rotatable bonds is 8. The maximum atomic E-state index is 11.5. The van der Waals surface area contributed by atoms with Gasteiger partial charge in [0.15, 0.2) is 6.61 Å². The zero-order valence-corrected chi connectivity index (χ0v) is 11.5. The molecule has 1 atom stereocenters. The van der Waals surface area contributed by atoms with Gasteiger partial charge in [0.1, 0.15) is 11.8 Å². The van der Waals surface area contributed by atoms with Crippen LogP contribution in [0.4, 0.5) is 0 Å². The van der Waals surface area contributed by atoms with Crippen LogP contribution < -0.4 is 10.1 Å². The van der Waals surface area contributed by atoms with Gasteiger partial charge in [-0.2, -0.15) is 0 Å². The van der Waals surface area contributed by atoms with Crippen molar-refractivity contribution in [1.29, 1.82) is 0 Å². The van der Waals surface area contributed by atoms with Crippen LogP contribution in [0, 0.1) is 0 Å². The Hall–Kier alpha value is -2.57. The Bertz CT molecular complexity index is 511. The number of aryl methyl sites for hydroxylation is 1. The molecule has 0 aliphatic heterocycles. The molecule has 1 aromatic rings. The highest BCUT2D eigenvalue weighted by atomic mass is 16.5. The quantitative estimate of drug-likeness (QED) is 0.649. The number of hydrogen-bond donors (Lipinski definition) is 3. The van der Waals surface area contributed by atoms with Gasteiger partial charge in [-0.25, -0.2) is 4.79 Å². The summed E-state index contributed by atoms with van der Waals surface area (Å²) in [5.41, 5.74) is 1.12. The summed E-state index contributed by atoms with van der Waals surface area (Å²) in [5.74, 6) is -2.92. The molecular formula is C14H17NO6. The molecule has 114 valence electrons. The summed E-state index contributed by atoms with van der Waals surface area (Å²) in [4.78, 5) is 32.8. The van der Waals surface area contributed by atoms with Crippen molar-refractivity contribution >= 4 is 17.8 Å². The molecule has 0 bridgehead atoms. The van der Waals surface area contributed by atoms with Gasteiger partial charge in [0.05, 0.1) is 6.42 Å². The van der Waals surface area contributed by atoms with Crippen LogP contribution in [0.1, 0.15) is 18.9 Å². The number of carboxylic acids is 2. The zero-order valence-electron chi connectivity index (χ0n) is 11.5. The topological polar surface area (TPSA) is 113 Å². The molecule has 3 N–H and O–H groups in total. The van der Waals surface area contributed by atoms with E-state index in [2.05, 4.69) is 5.32 Å². The first kappa shape index (κ1) is 16.5. The number of carboxylic acid groups (broad SMARTS) is 2. The van der Waals surface area contributed by atoms with Crippen LogP contribution in [-0.2, 0) is 20.8 Å². The van der Waals surface area contributed by atoms with E-state index in [9.17, 15) is 14.4 Å². The molecule has 1 aromatic carbocycles. The lowest BCUT2D eigenvalue weighted by Crippen LogP contribution is -2.44. The van der Waals surface area contributed by atoms with Crippen molar-refractivity contribution in [3.63, 3.8) is 0 Å². The molecule has 7 nitrogen and oxygen atoms in total. The van der Waals surface area contributed by atoms with E-state index in [1.165, 1.54) is 0 Å². The maximum Gasteiger partial charge on any atom is 0.326 e. The third kappa shape index (κ3) is 5.94. The Morgan fingerprint density at radius 1 is 1.19 bits per heavy atom. The van der Waals surface area contributed by atoms with Gasteiger partial charge in [-0.15, -0.1) is 0 Å². The Kier molecular flexibility index (Phi) is 6.19. The van der Waals surface area contributed by atoms with Crippen LogP contribution in [0.2, 0.25) is 0 Å². The average Bonchev–Trinajstić information content (AvgIpc) is 2.44. The van der Waals surface area contributed by atoms with E-state index in [0.29, 0.717) is 5.75 Å². The van der Waals surface area contributed by atoms with Crippen molar-refractivity contribution < 1.29 is 29.3 Å². The van der Waals surface area contributed by atoms with Gasteiger partial charge in [-0.3, -0.25) is 9.59 Å². The summed E-state index contributed by atoms with van der Waals surface area (Å²) < 4.78 is 5.20. The number of amides is 1. The predicted octanol–water partition coefficient (Wildman–Crippen LogP) is 0.672. The Balaban J connectivity index is 2.48. The third-order valence-corrected chi connectivity index (χ3v) is 2.71. The first-order chi connectivity index (χ1) is 9.92. The number of nitrogens with one attached hydrogen (secondary N) is 1. The van der Waals surface area contributed by atoms with Gasteiger partial charge in [-0.1, -0.05) is 19.1 Å². The SMILES string of the molecule is CCc1ccc(OCC(=O)N[C@H](CC(=O)O)C(=O)O)cc1. The molecular weight excluding hydrogens is 278 g/mol. The monoisotopic (exact) mass is 295 g/mol. The van der Waals surface area contributed by atoms with E-state index in [4.69, 9.17) is 14.9 Å². The van der Waals surface area contributed by atoms with Crippen LogP contribution in [0.15, 0.2) is 24.3 Å². The Morgan fingerprint density at radius 2 is 1.81 bits per heavy atom. The van der Waals surface area contributed by atoms with Crippen LogP contribution >= 0.6 is 0 Å². The minimum atomic E-state index is -1.47. The molecule has 1 amide bonds. The molecule has 0 unspecified atom stereocenters. The van der Waals surface area contributed by atoms with E-state index in [1.807, 2.05) is 19.1 Å². The molecule has 0 heterocycles. The van der Waals surface area contributed by atoms with Crippen LogP contribution in [0.3, 0.4) is 0 Å². The summed E-state index contributed by atoms with van der Waals surface area (Å²) >= 11 is 0. The second-order valence-corrected chi connectivity index (χ2v) is 4.34. The standard InChI is InChI=1S/C14H17NO6/c1-2-9-3-5-10(6-4-9)21-8-12(16)15-11(14(19)20)7-13(17)18/h3-6,11H,2,7-8H2,1H3,(H,15,16)(H,17,18)(H,19,20)/t11-/m1/s1. The number of carbonyl (C=O) groups is 3. The third-order valence-electron chi connectivity index (χ3n) is 2.71. The molecule has 1 rings (SSSR count). The Morgan fingerprint density at radius 3 is 2.29 bits per heavy atom. The van der Waals surface area contributed by atoms with E-state index in [1.54, 1.807) is 12.1 Å². The van der Waals surface area contributed by atoms with Crippen molar-refractivity contribution in [2.45, 2.75) is 25.8 Å². The molecule has 0 spiro atoms. The molecule has 0 aromatic heterocycles. The van der Waals surface area contributed by atoms with Crippen molar-refractivity contribution in [3.05, 3.63) is 29.8 Å². The van der Waals surface area contributed by atoms with Crippen molar-refractivity contribution in [1.82, 2.24) is 5.32 Å². The molecule has 0 radical (unpaired) electrons. The van der Waals surface area contributed by atoms with Gasteiger partial charge < -0.3 is 20.3 Å². The minimum Gasteiger partial charge on any atom is -0.484 e. The van der Waals surface area contributed by atoms with Gasteiger partial charge in [0, 0.05) is 0 Å². The minimum absolute atomic E-state index is 0.380. The number of benzene rings is 1. The van der Waals surface area contributed by atoms with Gasteiger partial charge in [0.2, 0.25) is 0 Å². The van der Waals surface area contributed by atoms with E-state index in [0.717, 1.165) is 12.0 Å². The zero-order chi connectivity index (χ0) is 15.8. The van der Waals surface area contributed by atoms with Crippen LogP contribution in [0.5, 0.6) is 5.75 Å². The lowest BCUT2D eigenvalue weighted by atomic mass is 10.2. The number of hydrogen-bond acceptors (Lipinski definition) is 4. The summed E-state index contributed by atoms with van der Waals surface area (Å²) in [6, 6.07) is 5.66.